The first-order valence-electron chi connectivity index (χ1n) is 12.7. The fourth-order valence-electron chi connectivity index (χ4n) is 3.91. The molecule has 1 N–H and O–H groups in total. The minimum Gasteiger partial charge on any atom is -0.359 e. The summed E-state index contributed by atoms with van der Waals surface area (Å²) in [7, 11) is 0. The van der Waals surface area contributed by atoms with Crippen molar-refractivity contribution in [1.82, 2.24) is 19.0 Å². The highest BCUT2D eigenvalue weighted by molar-refractivity contribution is 5.45. The molecule has 184 valence electrons. The van der Waals surface area contributed by atoms with Crippen LogP contribution in [0.5, 0.6) is 0 Å². The molecule has 1 aromatic heterocycles. The Morgan fingerprint density at radius 2 is 0.906 bits per heavy atom. The molecule has 0 spiro atoms. The van der Waals surface area contributed by atoms with Gasteiger partial charge in [0.1, 0.15) is 0 Å². The first-order chi connectivity index (χ1) is 15.6. The zero-order valence-electron chi connectivity index (χ0n) is 20.3. The number of hydrogen-bond acceptors (Lipinski definition) is 4. The van der Waals surface area contributed by atoms with Gasteiger partial charge in [-0.3, -0.25) is 4.79 Å². The lowest BCUT2D eigenvalue weighted by atomic mass is 10.1. The predicted molar refractivity (Wildman–Crippen MR) is 129 cm³/mol. The molecular formula is C24H44N4O4. The third-order valence-corrected chi connectivity index (χ3v) is 5.89. The highest BCUT2D eigenvalue weighted by atomic mass is 16.2. The van der Waals surface area contributed by atoms with Crippen LogP contribution in [0.1, 0.15) is 104 Å². The van der Waals surface area contributed by atoms with Crippen molar-refractivity contribution in [3.05, 3.63) is 31.5 Å². The van der Waals surface area contributed by atoms with Gasteiger partial charge in [-0.15, -0.1) is 0 Å². The van der Waals surface area contributed by atoms with Gasteiger partial charge >= 0.3 is 17.1 Å². The van der Waals surface area contributed by atoms with E-state index in [2.05, 4.69) is 19.2 Å². The van der Waals surface area contributed by atoms with Crippen molar-refractivity contribution in [3.8, 4) is 0 Å². The van der Waals surface area contributed by atoms with Gasteiger partial charge in [0.15, 0.2) is 0 Å². The number of aromatic nitrogens is 3. The van der Waals surface area contributed by atoms with Crippen molar-refractivity contribution in [2.75, 3.05) is 6.54 Å². The van der Waals surface area contributed by atoms with E-state index in [1.165, 1.54) is 13.7 Å². The van der Waals surface area contributed by atoms with Crippen molar-refractivity contribution in [2.45, 2.75) is 123 Å². The van der Waals surface area contributed by atoms with Crippen molar-refractivity contribution >= 4 is 6.41 Å². The molecule has 32 heavy (non-hydrogen) atoms. The largest absolute Gasteiger partial charge is 0.359 e. The Bertz CT molecular complexity index is 757. The summed E-state index contributed by atoms with van der Waals surface area (Å²) in [5, 5.41) is 2.63. The van der Waals surface area contributed by atoms with Gasteiger partial charge in [-0.1, -0.05) is 78.1 Å². The summed E-state index contributed by atoms with van der Waals surface area (Å²) in [4.78, 5) is 49.2. The molecule has 0 aliphatic heterocycles. The third-order valence-electron chi connectivity index (χ3n) is 5.89. The van der Waals surface area contributed by atoms with E-state index in [-0.39, 0.29) is 0 Å². The lowest BCUT2D eigenvalue weighted by Gasteiger charge is -2.14. The van der Waals surface area contributed by atoms with E-state index in [1.54, 1.807) is 0 Å². The van der Waals surface area contributed by atoms with Gasteiger partial charge in [0.25, 0.3) is 0 Å². The molecule has 0 aromatic carbocycles. The molecule has 1 aromatic rings. The number of carbonyl (C=O) groups is 1. The van der Waals surface area contributed by atoms with E-state index in [4.69, 9.17) is 0 Å². The van der Waals surface area contributed by atoms with Gasteiger partial charge in [-0.05, 0) is 25.7 Å². The Balaban J connectivity index is 2.91. The summed E-state index contributed by atoms with van der Waals surface area (Å²) >= 11 is 0. The maximum atomic E-state index is 13.0. The molecule has 8 nitrogen and oxygen atoms in total. The Morgan fingerprint density at radius 1 is 0.562 bits per heavy atom. The van der Waals surface area contributed by atoms with E-state index in [0.29, 0.717) is 39.0 Å². The van der Waals surface area contributed by atoms with Crippen LogP contribution in [0.4, 0.5) is 0 Å². The van der Waals surface area contributed by atoms with Crippen molar-refractivity contribution < 1.29 is 4.79 Å². The quantitative estimate of drug-likeness (QED) is 0.242. The van der Waals surface area contributed by atoms with Crippen LogP contribution in [0, 0.1) is 0 Å². The lowest BCUT2D eigenvalue weighted by Crippen LogP contribution is -2.54. The molecule has 0 aliphatic rings. The summed E-state index contributed by atoms with van der Waals surface area (Å²) in [6.45, 7) is 6.00. The number of nitrogens with zero attached hydrogens (tertiary/aromatic N) is 3. The Kier molecular flexibility index (Phi) is 15.2. The highest BCUT2D eigenvalue weighted by Crippen LogP contribution is 2.04. The van der Waals surface area contributed by atoms with E-state index in [0.717, 1.165) is 83.5 Å². The van der Waals surface area contributed by atoms with E-state index in [9.17, 15) is 19.2 Å². The smallest absolute Gasteiger partial charge is 0.336 e. The summed E-state index contributed by atoms with van der Waals surface area (Å²) in [5.41, 5.74) is -1.40. The molecule has 0 unspecified atom stereocenters. The van der Waals surface area contributed by atoms with Crippen molar-refractivity contribution in [1.29, 1.82) is 0 Å². The highest BCUT2D eigenvalue weighted by Gasteiger charge is 2.15. The first-order valence-corrected chi connectivity index (χ1v) is 12.7. The summed E-state index contributed by atoms with van der Waals surface area (Å²) in [6, 6.07) is 0. The van der Waals surface area contributed by atoms with Crippen molar-refractivity contribution in [2.24, 2.45) is 0 Å². The van der Waals surface area contributed by atoms with Gasteiger partial charge in [-0.2, -0.15) is 0 Å². The zero-order valence-corrected chi connectivity index (χ0v) is 20.3. The van der Waals surface area contributed by atoms with Gasteiger partial charge in [0, 0.05) is 26.2 Å². The Hall–Kier alpha value is -2.12. The molecule has 1 amide bonds. The fraction of sp³-hybridized carbons (Fsp3) is 0.833. The molecule has 0 atom stereocenters. The summed E-state index contributed by atoms with van der Waals surface area (Å²) in [5.74, 6) is 0. The van der Waals surface area contributed by atoms with Gasteiger partial charge in [-0.25, -0.2) is 28.1 Å². The number of nitrogens with one attached hydrogen (secondary N) is 1. The number of rotatable bonds is 20. The molecule has 0 aliphatic carbocycles. The molecule has 1 rings (SSSR count). The standard InChI is InChI=1S/C24H44N4O4/c1-3-5-7-10-14-18-26-22(30)27(19-15-11-8-6-4-2)24(32)28(23(26)31)20-16-12-9-13-17-25-21-29/h21H,3-20H2,1-2H3,(H,25,29). The van der Waals surface area contributed by atoms with E-state index >= 15 is 0 Å². The van der Waals surface area contributed by atoms with Crippen LogP contribution in [0.25, 0.3) is 0 Å². The molecule has 0 saturated carbocycles. The fourth-order valence-corrected chi connectivity index (χ4v) is 3.91. The Morgan fingerprint density at radius 3 is 1.25 bits per heavy atom. The summed E-state index contributed by atoms with van der Waals surface area (Å²) in [6.07, 6.45) is 14.3. The number of carbonyl (C=O) groups excluding carboxylic acids is 1. The van der Waals surface area contributed by atoms with Crippen LogP contribution in [-0.2, 0) is 24.4 Å². The number of unbranched alkanes of at least 4 members (excludes halogenated alkanes) is 11. The van der Waals surface area contributed by atoms with Crippen LogP contribution < -0.4 is 22.4 Å². The molecule has 0 bridgehead atoms. The average molecular weight is 453 g/mol. The average Bonchev–Trinajstić information content (AvgIpc) is 2.78. The molecule has 8 heteroatoms. The molecular weight excluding hydrogens is 408 g/mol. The minimum absolute atomic E-state index is 0.324. The maximum absolute atomic E-state index is 13.0. The second kappa shape index (κ2) is 17.4. The van der Waals surface area contributed by atoms with E-state index in [1.807, 2.05) is 0 Å². The topological polar surface area (TPSA) is 95.1 Å². The van der Waals surface area contributed by atoms with Gasteiger partial charge in [0.2, 0.25) is 6.41 Å². The second-order valence-corrected chi connectivity index (χ2v) is 8.62. The monoisotopic (exact) mass is 452 g/mol. The van der Waals surface area contributed by atoms with Crippen LogP contribution in [0.3, 0.4) is 0 Å². The van der Waals surface area contributed by atoms with Crippen LogP contribution in [0.2, 0.25) is 0 Å². The minimum atomic E-state index is -0.472. The SMILES string of the molecule is CCCCCCCn1c(=O)n(CCCCCCC)c(=O)n(CCCCCCNC=O)c1=O. The number of amides is 1. The molecule has 0 fully saturated rings. The normalized spacial score (nSPS) is 11.1. The number of hydrogen-bond donors (Lipinski definition) is 1. The molecule has 0 saturated heterocycles. The van der Waals surface area contributed by atoms with Crippen LogP contribution in [0.15, 0.2) is 14.4 Å². The van der Waals surface area contributed by atoms with Gasteiger partial charge < -0.3 is 5.32 Å². The Labute approximate surface area is 192 Å². The zero-order chi connectivity index (χ0) is 23.6. The molecule has 0 radical (unpaired) electrons. The van der Waals surface area contributed by atoms with Crippen LogP contribution in [-0.4, -0.2) is 26.7 Å². The summed E-state index contributed by atoms with van der Waals surface area (Å²) < 4.78 is 3.80. The van der Waals surface area contributed by atoms with Crippen molar-refractivity contribution in [3.63, 3.8) is 0 Å². The van der Waals surface area contributed by atoms with Crippen LogP contribution >= 0.6 is 0 Å². The lowest BCUT2D eigenvalue weighted by molar-refractivity contribution is -0.109. The van der Waals surface area contributed by atoms with E-state index < -0.39 is 17.1 Å². The first kappa shape index (κ1) is 27.9. The predicted octanol–water partition coefficient (Wildman–Crippen LogP) is 3.42. The third kappa shape index (κ3) is 10.0. The molecule has 1 heterocycles. The maximum Gasteiger partial charge on any atom is 0.336 e. The second-order valence-electron chi connectivity index (χ2n) is 8.62. The van der Waals surface area contributed by atoms with Gasteiger partial charge in [0.05, 0.1) is 0 Å².